The molecule has 3 heterocycles. The van der Waals surface area contributed by atoms with E-state index in [9.17, 15) is 13.2 Å². The molecule has 0 saturated carbocycles. The predicted octanol–water partition coefficient (Wildman–Crippen LogP) is 2.72. The van der Waals surface area contributed by atoms with E-state index >= 15 is 0 Å². The molecule has 0 aliphatic carbocycles. The second kappa shape index (κ2) is 5.99. The van der Waals surface area contributed by atoms with Crippen molar-refractivity contribution in [3.63, 3.8) is 0 Å². The molecule has 6 nitrogen and oxygen atoms in total. The van der Waals surface area contributed by atoms with Crippen molar-refractivity contribution < 1.29 is 17.9 Å². The van der Waals surface area contributed by atoms with Gasteiger partial charge in [0.15, 0.2) is 5.65 Å². The van der Waals surface area contributed by atoms with Crippen LogP contribution in [0, 0.1) is 0 Å². The van der Waals surface area contributed by atoms with Crippen molar-refractivity contribution in [3.8, 4) is 0 Å². The monoisotopic (exact) mass is 349 g/mol. The molecular weight excluding hydrogens is 335 g/mol. The van der Waals surface area contributed by atoms with Crippen LogP contribution < -0.4 is 4.90 Å². The third-order valence-corrected chi connectivity index (χ3v) is 4.06. The Morgan fingerprint density at radius 1 is 1.04 bits per heavy atom. The first-order valence-corrected chi connectivity index (χ1v) is 7.73. The summed E-state index contributed by atoms with van der Waals surface area (Å²) in [5.74, 6) is -0.695. The normalized spacial score (nSPS) is 18.7. The summed E-state index contributed by atoms with van der Waals surface area (Å²) in [5.41, 5.74) is 1.08. The van der Waals surface area contributed by atoms with E-state index in [4.69, 9.17) is 4.74 Å². The third-order valence-electron chi connectivity index (χ3n) is 4.06. The molecule has 1 atom stereocenters. The van der Waals surface area contributed by atoms with Gasteiger partial charge in [-0.2, -0.15) is 17.7 Å². The average Bonchev–Trinajstić information content (AvgIpc) is 3.06. The van der Waals surface area contributed by atoms with Gasteiger partial charge in [-0.05, 0) is 17.7 Å². The smallest absolute Gasteiger partial charge is 0.370 e. The summed E-state index contributed by atoms with van der Waals surface area (Å²) in [4.78, 5) is 1.90. The summed E-state index contributed by atoms with van der Waals surface area (Å²) in [5, 5.41) is 10.8. The summed E-state index contributed by atoms with van der Waals surface area (Å²) >= 11 is 0. The quantitative estimate of drug-likeness (QED) is 0.712. The van der Waals surface area contributed by atoms with Gasteiger partial charge in [0.2, 0.25) is 0 Å². The van der Waals surface area contributed by atoms with E-state index in [-0.39, 0.29) is 11.8 Å². The standard InChI is InChI=1S/C16H14F3N5O/c17-16(18,19)15-21-20-13-6-7-14(22-24(13)15)23-8-9-25-12(10-23)11-4-2-1-3-5-11/h1-7,12H,8-10H2/t12-/m1/s1. The average molecular weight is 349 g/mol. The number of aromatic nitrogens is 4. The van der Waals surface area contributed by atoms with Gasteiger partial charge >= 0.3 is 6.18 Å². The Balaban J connectivity index is 1.65. The fraction of sp³-hybridized carbons (Fsp3) is 0.312. The van der Waals surface area contributed by atoms with Gasteiger partial charge in [0.05, 0.1) is 6.61 Å². The van der Waals surface area contributed by atoms with Crippen molar-refractivity contribution in [1.29, 1.82) is 0 Å². The molecule has 1 aliphatic rings. The van der Waals surface area contributed by atoms with E-state index in [0.717, 1.165) is 10.1 Å². The van der Waals surface area contributed by atoms with Gasteiger partial charge in [0.1, 0.15) is 11.9 Å². The molecule has 1 fully saturated rings. The van der Waals surface area contributed by atoms with Crippen LogP contribution >= 0.6 is 0 Å². The van der Waals surface area contributed by atoms with Crippen molar-refractivity contribution in [2.75, 3.05) is 24.6 Å². The van der Waals surface area contributed by atoms with E-state index in [0.29, 0.717) is 25.5 Å². The largest absolute Gasteiger partial charge is 0.453 e. The highest BCUT2D eigenvalue weighted by Gasteiger charge is 2.38. The van der Waals surface area contributed by atoms with Crippen LogP contribution in [0.5, 0.6) is 0 Å². The number of ether oxygens (including phenoxy) is 1. The number of alkyl halides is 3. The lowest BCUT2D eigenvalue weighted by molar-refractivity contribution is -0.146. The van der Waals surface area contributed by atoms with Crippen LogP contribution in [0.2, 0.25) is 0 Å². The number of benzene rings is 1. The Hall–Kier alpha value is -2.68. The minimum atomic E-state index is -4.61. The number of fused-ring (bicyclic) bond motifs is 1. The Morgan fingerprint density at radius 3 is 2.60 bits per heavy atom. The lowest BCUT2D eigenvalue weighted by atomic mass is 10.1. The van der Waals surface area contributed by atoms with Crippen molar-refractivity contribution in [3.05, 3.63) is 53.9 Å². The number of nitrogens with zero attached hydrogens (tertiary/aromatic N) is 5. The molecule has 0 amide bonds. The lowest BCUT2D eigenvalue weighted by Gasteiger charge is -2.33. The third kappa shape index (κ3) is 3.02. The zero-order valence-corrected chi connectivity index (χ0v) is 13.0. The minimum absolute atomic E-state index is 0.0592. The van der Waals surface area contributed by atoms with Crippen LogP contribution in [-0.2, 0) is 10.9 Å². The highest BCUT2D eigenvalue weighted by Crippen LogP contribution is 2.29. The molecule has 1 aromatic carbocycles. The maximum Gasteiger partial charge on any atom is 0.453 e. The molecule has 4 rings (SSSR count). The first kappa shape index (κ1) is 15.8. The van der Waals surface area contributed by atoms with Crippen molar-refractivity contribution >= 4 is 11.5 Å². The molecule has 1 aliphatic heterocycles. The fourth-order valence-corrected chi connectivity index (χ4v) is 2.85. The first-order valence-electron chi connectivity index (χ1n) is 7.73. The molecule has 0 radical (unpaired) electrons. The van der Waals surface area contributed by atoms with E-state index < -0.39 is 12.0 Å². The molecule has 3 aromatic rings. The second-order valence-corrected chi connectivity index (χ2v) is 5.70. The molecule has 0 N–H and O–H groups in total. The number of hydrogen-bond donors (Lipinski definition) is 0. The van der Waals surface area contributed by atoms with E-state index in [1.165, 1.54) is 6.07 Å². The first-order chi connectivity index (χ1) is 12.0. The highest BCUT2D eigenvalue weighted by atomic mass is 19.4. The maximum atomic E-state index is 13.0. The van der Waals surface area contributed by atoms with Crippen LogP contribution in [0.15, 0.2) is 42.5 Å². The number of rotatable bonds is 2. The Morgan fingerprint density at radius 2 is 1.84 bits per heavy atom. The van der Waals surface area contributed by atoms with Crippen LogP contribution in [0.25, 0.3) is 5.65 Å². The topological polar surface area (TPSA) is 55.5 Å². The summed E-state index contributed by atoms with van der Waals surface area (Å²) in [6.07, 6.45) is -4.77. The molecule has 0 unspecified atom stereocenters. The van der Waals surface area contributed by atoms with Gasteiger partial charge < -0.3 is 9.64 Å². The van der Waals surface area contributed by atoms with Gasteiger partial charge in [0, 0.05) is 13.1 Å². The summed E-state index contributed by atoms with van der Waals surface area (Å²) in [6.45, 7) is 1.52. The van der Waals surface area contributed by atoms with Gasteiger partial charge in [-0.25, -0.2) is 0 Å². The van der Waals surface area contributed by atoms with Gasteiger partial charge in [-0.3, -0.25) is 0 Å². The number of halogens is 3. The SMILES string of the molecule is FC(F)(F)c1nnc2ccc(N3CCO[C@@H](c4ccccc4)C3)nn12. The van der Waals surface area contributed by atoms with E-state index in [1.54, 1.807) is 6.07 Å². The Labute approximate surface area is 140 Å². The van der Waals surface area contributed by atoms with Gasteiger partial charge in [0.25, 0.3) is 5.82 Å². The molecular formula is C16H14F3N5O. The fourth-order valence-electron chi connectivity index (χ4n) is 2.85. The van der Waals surface area contributed by atoms with Crippen LogP contribution in [0.3, 0.4) is 0 Å². The number of hydrogen-bond acceptors (Lipinski definition) is 5. The zero-order chi connectivity index (χ0) is 17.4. The minimum Gasteiger partial charge on any atom is -0.370 e. The van der Waals surface area contributed by atoms with Crippen LogP contribution in [-0.4, -0.2) is 39.5 Å². The molecule has 25 heavy (non-hydrogen) atoms. The van der Waals surface area contributed by atoms with Gasteiger partial charge in [-0.1, -0.05) is 30.3 Å². The number of anilines is 1. The molecule has 1 saturated heterocycles. The highest BCUT2D eigenvalue weighted by molar-refractivity contribution is 5.46. The van der Waals surface area contributed by atoms with E-state index in [1.807, 2.05) is 35.2 Å². The van der Waals surface area contributed by atoms with Crippen LogP contribution in [0.4, 0.5) is 19.0 Å². The summed E-state index contributed by atoms with van der Waals surface area (Å²) < 4.78 is 45.6. The second-order valence-electron chi connectivity index (χ2n) is 5.70. The molecule has 130 valence electrons. The maximum absolute atomic E-state index is 13.0. The lowest BCUT2D eigenvalue weighted by Crippen LogP contribution is -2.39. The predicted molar refractivity (Wildman–Crippen MR) is 83.1 cm³/mol. The van der Waals surface area contributed by atoms with Crippen molar-refractivity contribution in [1.82, 2.24) is 19.8 Å². The zero-order valence-electron chi connectivity index (χ0n) is 13.0. The number of morpholine rings is 1. The molecule has 0 spiro atoms. The van der Waals surface area contributed by atoms with Gasteiger partial charge in [-0.15, -0.1) is 15.3 Å². The summed E-state index contributed by atoms with van der Waals surface area (Å²) in [7, 11) is 0. The van der Waals surface area contributed by atoms with Crippen molar-refractivity contribution in [2.24, 2.45) is 0 Å². The Kier molecular flexibility index (Phi) is 3.79. The molecule has 2 aromatic heterocycles. The van der Waals surface area contributed by atoms with E-state index in [2.05, 4.69) is 15.3 Å². The van der Waals surface area contributed by atoms with Crippen molar-refractivity contribution in [2.45, 2.75) is 12.3 Å². The summed E-state index contributed by atoms with van der Waals surface area (Å²) in [6, 6.07) is 12.8. The Bertz CT molecular complexity index is 880. The van der Waals surface area contributed by atoms with Crippen LogP contribution in [0.1, 0.15) is 17.5 Å². The molecule has 0 bridgehead atoms. The molecule has 9 heteroatoms.